The molecule has 0 aliphatic carbocycles. The average molecular weight is 374 g/mol. The first-order chi connectivity index (χ1) is 12.7. The number of hydrogen-bond acceptors (Lipinski definition) is 6. The van der Waals surface area contributed by atoms with E-state index in [1.165, 1.54) is 11.3 Å². The van der Waals surface area contributed by atoms with Gasteiger partial charge in [0.2, 0.25) is 0 Å². The minimum atomic E-state index is -0.228. The van der Waals surface area contributed by atoms with Crippen molar-refractivity contribution in [2.45, 2.75) is 26.4 Å². The third-order valence-corrected chi connectivity index (χ3v) is 4.94. The van der Waals surface area contributed by atoms with Gasteiger partial charge in [-0.15, -0.1) is 11.3 Å². The molecular weight excluding hydrogens is 352 g/mol. The summed E-state index contributed by atoms with van der Waals surface area (Å²) in [7, 11) is 0. The Labute approximate surface area is 156 Å². The molecule has 3 rings (SSSR count). The summed E-state index contributed by atoms with van der Waals surface area (Å²) in [6.07, 6.45) is 1.58. The normalized spacial score (nSPS) is 17.0. The predicted molar refractivity (Wildman–Crippen MR) is 98.1 cm³/mol. The number of ether oxygens (including phenoxy) is 2. The molecule has 1 aromatic carbocycles. The molecule has 0 saturated carbocycles. The lowest BCUT2D eigenvalue weighted by Crippen LogP contribution is -2.42. The first kappa shape index (κ1) is 18.4. The smallest absolute Gasteiger partial charge is 0.310 e. The number of rotatable bonds is 6. The molecule has 1 aliphatic heterocycles. The van der Waals surface area contributed by atoms with Crippen LogP contribution < -0.4 is 4.74 Å². The number of carbonyl (C=O) groups is 2. The van der Waals surface area contributed by atoms with Crippen LogP contribution in [0.3, 0.4) is 0 Å². The lowest BCUT2D eigenvalue weighted by molar-refractivity contribution is -0.149. The van der Waals surface area contributed by atoms with E-state index in [4.69, 9.17) is 9.47 Å². The van der Waals surface area contributed by atoms with E-state index in [9.17, 15) is 9.59 Å². The van der Waals surface area contributed by atoms with Crippen molar-refractivity contribution in [3.8, 4) is 5.75 Å². The quantitative estimate of drug-likeness (QED) is 0.727. The second-order valence-electron chi connectivity index (χ2n) is 6.14. The Bertz CT molecular complexity index is 731. The van der Waals surface area contributed by atoms with Crippen LogP contribution in [-0.4, -0.2) is 41.5 Å². The van der Waals surface area contributed by atoms with E-state index in [1.807, 2.05) is 5.38 Å². The van der Waals surface area contributed by atoms with Crippen LogP contribution in [0.1, 0.15) is 35.8 Å². The second-order valence-corrected chi connectivity index (χ2v) is 6.85. The molecule has 0 unspecified atom stereocenters. The molecule has 1 aromatic heterocycles. The number of benzene rings is 1. The third kappa shape index (κ3) is 4.60. The summed E-state index contributed by atoms with van der Waals surface area (Å²) in [5.41, 5.74) is 3.24. The van der Waals surface area contributed by atoms with Gasteiger partial charge in [-0.25, -0.2) is 4.98 Å². The second kappa shape index (κ2) is 8.80. The molecule has 1 aliphatic rings. The summed E-state index contributed by atoms with van der Waals surface area (Å²) in [6, 6.07) is 7.08. The molecule has 7 heteroatoms. The van der Waals surface area contributed by atoms with E-state index in [0.29, 0.717) is 37.6 Å². The van der Waals surface area contributed by atoms with Crippen LogP contribution in [0.4, 0.5) is 0 Å². The fourth-order valence-corrected chi connectivity index (χ4v) is 3.50. The maximum absolute atomic E-state index is 12.7. The lowest BCUT2D eigenvalue weighted by atomic mass is 9.97. The zero-order valence-corrected chi connectivity index (χ0v) is 15.5. The molecular formula is C19H22N2O4S. The number of likely N-dealkylation sites (tertiary alicyclic amines) is 1. The van der Waals surface area contributed by atoms with Gasteiger partial charge in [0.05, 0.1) is 23.7 Å². The molecule has 138 valence electrons. The fourth-order valence-electron chi connectivity index (χ4n) is 2.96. The largest absolute Gasteiger partial charge is 0.487 e. The molecule has 0 bridgehead atoms. The molecule has 1 atom stereocenters. The van der Waals surface area contributed by atoms with Crippen molar-refractivity contribution in [2.24, 2.45) is 5.92 Å². The van der Waals surface area contributed by atoms with Crippen LogP contribution in [0.15, 0.2) is 35.2 Å². The van der Waals surface area contributed by atoms with Gasteiger partial charge >= 0.3 is 5.97 Å². The summed E-state index contributed by atoms with van der Waals surface area (Å²) in [6.45, 7) is 3.65. The van der Waals surface area contributed by atoms with Gasteiger partial charge in [-0.1, -0.05) is 0 Å². The number of amides is 1. The van der Waals surface area contributed by atoms with Gasteiger partial charge in [-0.3, -0.25) is 9.59 Å². The Hall–Kier alpha value is -2.41. The molecule has 1 fully saturated rings. The number of thiazole rings is 1. The van der Waals surface area contributed by atoms with Gasteiger partial charge in [0.15, 0.2) is 0 Å². The SMILES string of the molecule is CCOC(=O)[C@H]1CCCN(C(=O)c2ccc(OCc3cscn3)cc2)C1. The standard InChI is InChI=1S/C19H22N2O4S/c1-2-24-19(23)15-4-3-9-21(10-15)18(22)14-5-7-17(8-6-14)25-11-16-12-26-13-20-16/h5-8,12-13,15H,2-4,9-11H2,1H3/t15-/m0/s1. The van der Waals surface area contributed by atoms with Crippen LogP contribution in [0.25, 0.3) is 0 Å². The lowest BCUT2D eigenvalue weighted by Gasteiger charge is -2.31. The monoisotopic (exact) mass is 374 g/mol. The number of nitrogens with zero attached hydrogens (tertiary/aromatic N) is 2. The molecule has 2 heterocycles. The zero-order chi connectivity index (χ0) is 18.4. The highest BCUT2D eigenvalue weighted by molar-refractivity contribution is 7.07. The third-order valence-electron chi connectivity index (χ3n) is 4.30. The molecule has 6 nitrogen and oxygen atoms in total. The van der Waals surface area contributed by atoms with Crippen LogP contribution in [0.2, 0.25) is 0 Å². The first-order valence-electron chi connectivity index (χ1n) is 8.73. The number of esters is 1. The summed E-state index contributed by atoms with van der Waals surface area (Å²) >= 11 is 1.53. The van der Waals surface area contributed by atoms with Crippen LogP contribution in [0.5, 0.6) is 5.75 Å². The highest BCUT2D eigenvalue weighted by atomic mass is 32.1. The van der Waals surface area contributed by atoms with E-state index in [1.54, 1.807) is 41.6 Å². The van der Waals surface area contributed by atoms with E-state index in [-0.39, 0.29) is 17.8 Å². The minimum absolute atomic E-state index is 0.0648. The number of carbonyl (C=O) groups excluding carboxylic acids is 2. The van der Waals surface area contributed by atoms with Crippen LogP contribution in [0, 0.1) is 5.92 Å². The van der Waals surface area contributed by atoms with Crippen LogP contribution in [-0.2, 0) is 16.1 Å². The van der Waals surface area contributed by atoms with E-state index in [2.05, 4.69) is 4.98 Å². The molecule has 1 amide bonds. The molecule has 2 aromatic rings. The number of hydrogen-bond donors (Lipinski definition) is 0. The Morgan fingerprint density at radius 3 is 2.81 bits per heavy atom. The minimum Gasteiger partial charge on any atom is -0.487 e. The summed E-state index contributed by atoms with van der Waals surface area (Å²) in [5, 5.41) is 1.94. The Balaban J connectivity index is 1.57. The maximum atomic E-state index is 12.7. The summed E-state index contributed by atoms with van der Waals surface area (Å²) in [5.74, 6) is 0.187. The van der Waals surface area contributed by atoms with E-state index >= 15 is 0 Å². The fraction of sp³-hybridized carbons (Fsp3) is 0.421. The molecule has 26 heavy (non-hydrogen) atoms. The summed E-state index contributed by atoms with van der Waals surface area (Å²) < 4.78 is 10.8. The van der Waals surface area contributed by atoms with Gasteiger partial charge < -0.3 is 14.4 Å². The Morgan fingerprint density at radius 1 is 1.31 bits per heavy atom. The van der Waals surface area contributed by atoms with Crippen molar-refractivity contribution in [1.29, 1.82) is 0 Å². The number of aromatic nitrogens is 1. The van der Waals surface area contributed by atoms with Crippen molar-refractivity contribution in [1.82, 2.24) is 9.88 Å². The molecule has 1 saturated heterocycles. The Kier molecular flexibility index (Phi) is 6.22. The van der Waals surface area contributed by atoms with Gasteiger partial charge in [-0.2, -0.15) is 0 Å². The highest BCUT2D eigenvalue weighted by Crippen LogP contribution is 2.21. The van der Waals surface area contributed by atoms with E-state index < -0.39 is 0 Å². The van der Waals surface area contributed by atoms with Crippen molar-refractivity contribution >= 4 is 23.2 Å². The van der Waals surface area contributed by atoms with E-state index in [0.717, 1.165) is 18.5 Å². The topological polar surface area (TPSA) is 68.7 Å². The predicted octanol–water partition coefficient (Wildman–Crippen LogP) is 3.14. The average Bonchev–Trinajstić information content (AvgIpc) is 3.20. The van der Waals surface area contributed by atoms with Crippen molar-refractivity contribution in [3.63, 3.8) is 0 Å². The van der Waals surface area contributed by atoms with Gasteiger partial charge in [0.1, 0.15) is 12.4 Å². The van der Waals surface area contributed by atoms with Gasteiger partial charge in [0.25, 0.3) is 5.91 Å². The highest BCUT2D eigenvalue weighted by Gasteiger charge is 2.29. The van der Waals surface area contributed by atoms with Crippen molar-refractivity contribution in [3.05, 3.63) is 46.4 Å². The Morgan fingerprint density at radius 2 is 2.12 bits per heavy atom. The molecule has 0 spiro atoms. The molecule has 0 radical (unpaired) electrons. The van der Waals surface area contributed by atoms with Gasteiger partial charge in [0, 0.05) is 24.0 Å². The number of piperidine rings is 1. The molecule has 0 N–H and O–H groups in total. The van der Waals surface area contributed by atoms with Crippen molar-refractivity contribution < 1.29 is 19.1 Å². The zero-order valence-electron chi connectivity index (χ0n) is 14.7. The summed E-state index contributed by atoms with van der Waals surface area (Å²) in [4.78, 5) is 30.5. The van der Waals surface area contributed by atoms with Crippen molar-refractivity contribution in [2.75, 3.05) is 19.7 Å². The van der Waals surface area contributed by atoms with Crippen LogP contribution >= 0.6 is 11.3 Å². The first-order valence-corrected chi connectivity index (χ1v) is 9.67. The maximum Gasteiger partial charge on any atom is 0.310 e. The van der Waals surface area contributed by atoms with Gasteiger partial charge in [-0.05, 0) is 44.0 Å².